The van der Waals surface area contributed by atoms with Crippen LogP contribution in [0.15, 0.2) is 23.0 Å². The van der Waals surface area contributed by atoms with Crippen LogP contribution in [0.1, 0.15) is 18.2 Å². The first-order chi connectivity index (χ1) is 8.69. The molecule has 0 radical (unpaired) electrons. The van der Waals surface area contributed by atoms with Crippen molar-refractivity contribution in [3.05, 3.63) is 34.3 Å². The maximum absolute atomic E-state index is 5.13. The van der Waals surface area contributed by atoms with Gasteiger partial charge in [-0.25, -0.2) is 4.98 Å². The quantitative estimate of drug-likeness (QED) is 0.873. The van der Waals surface area contributed by atoms with Crippen LogP contribution in [0.4, 0.5) is 5.95 Å². The Bertz CT molecular complexity index is 478. The molecule has 0 fully saturated rings. The minimum Gasteiger partial charge on any atom is -0.383 e. The largest absolute Gasteiger partial charge is 0.383 e. The van der Waals surface area contributed by atoms with Crippen molar-refractivity contribution in [1.82, 2.24) is 9.55 Å². The number of imidazole rings is 1. The number of ether oxygens (including phenoxy) is 1. The molecule has 0 aromatic carbocycles. The fraction of sp³-hybridized carbons (Fsp3) is 0.462. The first kappa shape index (κ1) is 13.1. The summed E-state index contributed by atoms with van der Waals surface area (Å²) in [6.07, 6.45) is 2.07. The molecule has 98 valence electrons. The third-order valence-electron chi connectivity index (χ3n) is 2.62. The topological polar surface area (TPSA) is 39.1 Å². The van der Waals surface area contributed by atoms with E-state index in [-0.39, 0.29) is 6.04 Å². The molecule has 0 amide bonds. The first-order valence-corrected chi connectivity index (χ1v) is 6.93. The molecule has 1 atom stereocenters. The van der Waals surface area contributed by atoms with Crippen molar-refractivity contribution in [2.75, 3.05) is 19.0 Å². The van der Waals surface area contributed by atoms with Gasteiger partial charge in [-0.05, 0) is 36.2 Å². The Morgan fingerprint density at radius 3 is 3.06 bits per heavy atom. The van der Waals surface area contributed by atoms with E-state index in [1.165, 1.54) is 5.56 Å². The summed E-state index contributed by atoms with van der Waals surface area (Å²) in [6.45, 7) is 5.62. The number of hydrogen-bond donors (Lipinski definition) is 1. The van der Waals surface area contributed by atoms with Crippen molar-refractivity contribution < 1.29 is 4.74 Å². The predicted octanol–water partition coefficient (Wildman–Crippen LogP) is 2.75. The van der Waals surface area contributed by atoms with Gasteiger partial charge < -0.3 is 14.6 Å². The SMILES string of the molecule is COCC(C)Nc1nc(C)cn1Cc1ccsc1. The standard InChI is InChI=1S/C13H19N3OS/c1-10-6-16(7-12-4-5-18-9-12)13(14-10)15-11(2)8-17-3/h4-6,9,11H,7-8H2,1-3H3,(H,14,15). The number of rotatable bonds is 6. The van der Waals surface area contributed by atoms with Crippen molar-refractivity contribution in [3.8, 4) is 0 Å². The second-order valence-corrected chi connectivity index (χ2v) is 5.25. The van der Waals surface area contributed by atoms with Gasteiger partial charge in [0.05, 0.1) is 18.8 Å². The minimum atomic E-state index is 0.248. The van der Waals surface area contributed by atoms with Gasteiger partial charge in [0.15, 0.2) is 0 Å². The summed E-state index contributed by atoms with van der Waals surface area (Å²) in [5, 5.41) is 7.64. The summed E-state index contributed by atoms with van der Waals surface area (Å²) in [6, 6.07) is 2.39. The molecule has 2 aromatic heterocycles. The molecule has 1 N–H and O–H groups in total. The van der Waals surface area contributed by atoms with Crippen molar-refractivity contribution in [2.45, 2.75) is 26.4 Å². The molecule has 0 saturated carbocycles. The van der Waals surface area contributed by atoms with Gasteiger partial charge in [0.2, 0.25) is 5.95 Å². The molecule has 18 heavy (non-hydrogen) atoms. The van der Waals surface area contributed by atoms with Crippen LogP contribution in [0.2, 0.25) is 0 Å². The number of methoxy groups -OCH3 is 1. The second-order valence-electron chi connectivity index (χ2n) is 4.47. The maximum Gasteiger partial charge on any atom is 0.203 e. The molecule has 2 rings (SSSR count). The predicted molar refractivity (Wildman–Crippen MR) is 75.3 cm³/mol. The highest BCUT2D eigenvalue weighted by atomic mass is 32.1. The molecule has 0 spiro atoms. The number of hydrogen-bond acceptors (Lipinski definition) is 4. The van der Waals surface area contributed by atoms with E-state index in [2.05, 4.69) is 44.8 Å². The smallest absolute Gasteiger partial charge is 0.203 e. The van der Waals surface area contributed by atoms with Crippen LogP contribution >= 0.6 is 11.3 Å². The lowest BCUT2D eigenvalue weighted by molar-refractivity contribution is 0.190. The zero-order chi connectivity index (χ0) is 13.0. The molecule has 0 aliphatic heterocycles. The highest BCUT2D eigenvalue weighted by molar-refractivity contribution is 7.07. The Kier molecular flexibility index (Phi) is 4.38. The molecule has 1 unspecified atom stereocenters. The van der Waals surface area contributed by atoms with Crippen LogP contribution < -0.4 is 5.32 Å². The van der Waals surface area contributed by atoms with Crippen molar-refractivity contribution in [1.29, 1.82) is 0 Å². The van der Waals surface area contributed by atoms with E-state index < -0.39 is 0 Å². The molecule has 0 saturated heterocycles. The zero-order valence-electron chi connectivity index (χ0n) is 11.0. The molecule has 0 aliphatic carbocycles. The number of anilines is 1. The number of aromatic nitrogens is 2. The molecular formula is C13H19N3OS. The van der Waals surface area contributed by atoms with Gasteiger partial charge in [0.25, 0.3) is 0 Å². The lowest BCUT2D eigenvalue weighted by Gasteiger charge is -2.14. The molecule has 5 heteroatoms. The van der Waals surface area contributed by atoms with E-state index in [1.807, 2.05) is 6.92 Å². The Hall–Kier alpha value is -1.33. The minimum absolute atomic E-state index is 0.248. The van der Waals surface area contributed by atoms with Crippen LogP contribution in [-0.4, -0.2) is 29.3 Å². The maximum atomic E-state index is 5.13. The highest BCUT2D eigenvalue weighted by Crippen LogP contribution is 2.14. The molecular weight excluding hydrogens is 246 g/mol. The number of nitrogens with zero attached hydrogens (tertiary/aromatic N) is 2. The van der Waals surface area contributed by atoms with Gasteiger partial charge in [-0.1, -0.05) is 0 Å². The number of nitrogens with one attached hydrogen (secondary N) is 1. The van der Waals surface area contributed by atoms with E-state index in [9.17, 15) is 0 Å². The Labute approximate surface area is 112 Å². The molecule has 0 bridgehead atoms. The van der Waals surface area contributed by atoms with Crippen LogP contribution in [0, 0.1) is 6.92 Å². The molecule has 2 aromatic rings. The highest BCUT2D eigenvalue weighted by Gasteiger charge is 2.09. The third kappa shape index (κ3) is 3.34. The fourth-order valence-electron chi connectivity index (χ4n) is 1.87. The summed E-state index contributed by atoms with van der Waals surface area (Å²) >= 11 is 1.72. The van der Waals surface area contributed by atoms with E-state index in [0.29, 0.717) is 6.61 Å². The Balaban J connectivity index is 2.10. The Morgan fingerprint density at radius 1 is 1.56 bits per heavy atom. The summed E-state index contributed by atoms with van der Waals surface area (Å²) in [7, 11) is 1.71. The second kappa shape index (κ2) is 6.02. The third-order valence-corrected chi connectivity index (χ3v) is 3.35. The average Bonchev–Trinajstić information content (AvgIpc) is 2.90. The molecule has 4 nitrogen and oxygen atoms in total. The van der Waals surface area contributed by atoms with E-state index in [1.54, 1.807) is 18.4 Å². The first-order valence-electron chi connectivity index (χ1n) is 5.99. The molecule has 2 heterocycles. The van der Waals surface area contributed by atoms with Crippen molar-refractivity contribution >= 4 is 17.3 Å². The normalized spacial score (nSPS) is 12.6. The van der Waals surface area contributed by atoms with Crippen LogP contribution in [-0.2, 0) is 11.3 Å². The van der Waals surface area contributed by atoms with Crippen molar-refractivity contribution in [2.24, 2.45) is 0 Å². The summed E-state index contributed by atoms with van der Waals surface area (Å²) in [5.74, 6) is 0.906. The lowest BCUT2D eigenvalue weighted by Crippen LogP contribution is -2.23. The van der Waals surface area contributed by atoms with Crippen LogP contribution in [0.3, 0.4) is 0 Å². The van der Waals surface area contributed by atoms with Gasteiger partial charge in [0.1, 0.15) is 0 Å². The lowest BCUT2D eigenvalue weighted by atomic mass is 10.3. The van der Waals surface area contributed by atoms with Crippen molar-refractivity contribution in [3.63, 3.8) is 0 Å². The van der Waals surface area contributed by atoms with Gasteiger partial charge in [0, 0.05) is 19.3 Å². The number of aryl methyl sites for hydroxylation is 1. The number of thiophene rings is 1. The zero-order valence-corrected chi connectivity index (χ0v) is 11.8. The van der Waals surface area contributed by atoms with Gasteiger partial charge in [-0.2, -0.15) is 11.3 Å². The van der Waals surface area contributed by atoms with Gasteiger partial charge in [-0.15, -0.1) is 0 Å². The fourth-order valence-corrected chi connectivity index (χ4v) is 2.53. The average molecular weight is 265 g/mol. The summed E-state index contributed by atoms with van der Waals surface area (Å²) < 4.78 is 7.27. The Morgan fingerprint density at radius 2 is 2.39 bits per heavy atom. The molecule has 0 aliphatic rings. The van der Waals surface area contributed by atoms with Crippen LogP contribution in [0.25, 0.3) is 0 Å². The van der Waals surface area contributed by atoms with E-state index >= 15 is 0 Å². The van der Waals surface area contributed by atoms with Crippen LogP contribution in [0.5, 0.6) is 0 Å². The van der Waals surface area contributed by atoms with Gasteiger partial charge in [-0.3, -0.25) is 0 Å². The van der Waals surface area contributed by atoms with E-state index in [4.69, 9.17) is 4.74 Å². The monoisotopic (exact) mass is 265 g/mol. The van der Waals surface area contributed by atoms with Gasteiger partial charge >= 0.3 is 0 Å². The summed E-state index contributed by atoms with van der Waals surface area (Å²) in [5.41, 5.74) is 2.33. The summed E-state index contributed by atoms with van der Waals surface area (Å²) in [4.78, 5) is 4.51. The van der Waals surface area contributed by atoms with E-state index in [0.717, 1.165) is 18.2 Å².